The van der Waals surface area contributed by atoms with Crippen LogP contribution in [-0.2, 0) is 16.1 Å². The maximum absolute atomic E-state index is 13.0. The lowest BCUT2D eigenvalue weighted by molar-refractivity contribution is -0.116. The first-order valence-corrected chi connectivity index (χ1v) is 12.0. The summed E-state index contributed by atoms with van der Waals surface area (Å²) in [6.07, 6.45) is 0. The first kappa shape index (κ1) is 21.7. The molecule has 0 bridgehead atoms. The number of nitrogens with one attached hydrogen (secondary N) is 1. The molecule has 1 fully saturated rings. The molecule has 9 heteroatoms. The number of amides is 1. The minimum Gasteiger partial charge on any atom is -0.378 e. The van der Waals surface area contributed by atoms with Crippen molar-refractivity contribution in [3.8, 4) is 0 Å². The lowest BCUT2D eigenvalue weighted by Crippen LogP contribution is -2.38. The molecule has 3 heterocycles. The maximum Gasteiger partial charge on any atom is 0.231 e. The zero-order chi connectivity index (χ0) is 22.8. The Morgan fingerprint density at radius 2 is 1.94 bits per heavy atom. The second-order valence-electron chi connectivity index (χ2n) is 8.18. The summed E-state index contributed by atoms with van der Waals surface area (Å²) in [5.74, 6) is 0.758. The van der Waals surface area contributed by atoms with Crippen molar-refractivity contribution < 1.29 is 14.3 Å². The molecule has 2 aliphatic rings. The predicted molar refractivity (Wildman–Crippen MR) is 127 cm³/mol. The molecule has 5 rings (SSSR count). The molecular weight excluding hydrogens is 438 g/mol. The number of Topliss-reactive ketones (excluding diaryl/α,β-unsaturated/α-hetero) is 1. The third-order valence-corrected chi connectivity index (χ3v) is 6.97. The lowest BCUT2D eigenvalue weighted by Gasteiger charge is -2.28. The smallest absolute Gasteiger partial charge is 0.231 e. The molecule has 170 valence electrons. The van der Waals surface area contributed by atoms with E-state index in [4.69, 9.17) is 4.74 Å². The molecule has 3 aromatic rings. The Morgan fingerprint density at radius 1 is 1.15 bits per heavy atom. The van der Waals surface area contributed by atoms with Crippen LogP contribution in [0, 0.1) is 0 Å². The second kappa shape index (κ2) is 9.36. The topological polar surface area (TPSA) is 89.3 Å². The van der Waals surface area contributed by atoms with E-state index in [-0.39, 0.29) is 23.4 Å². The molecular formula is C24H25N5O3S. The van der Waals surface area contributed by atoms with E-state index in [0.29, 0.717) is 30.5 Å². The van der Waals surface area contributed by atoms with Gasteiger partial charge in [0.25, 0.3) is 0 Å². The third kappa shape index (κ3) is 4.51. The van der Waals surface area contributed by atoms with Crippen molar-refractivity contribution in [1.29, 1.82) is 0 Å². The number of carbonyl (C=O) groups is 2. The largest absolute Gasteiger partial charge is 0.378 e. The number of benzene rings is 2. The molecule has 0 aliphatic carbocycles. The molecule has 8 nitrogen and oxygen atoms in total. The van der Waals surface area contributed by atoms with Crippen LogP contribution in [0.4, 0.5) is 11.6 Å². The minimum atomic E-state index is -0.245. The van der Waals surface area contributed by atoms with Crippen LogP contribution in [0.2, 0.25) is 0 Å². The van der Waals surface area contributed by atoms with Crippen LogP contribution in [0.15, 0.2) is 53.7 Å². The summed E-state index contributed by atoms with van der Waals surface area (Å²) in [5, 5.41) is 12.4. The molecule has 1 unspecified atom stereocenters. The van der Waals surface area contributed by atoms with Gasteiger partial charge >= 0.3 is 0 Å². The van der Waals surface area contributed by atoms with Crippen LogP contribution < -0.4 is 10.2 Å². The van der Waals surface area contributed by atoms with Crippen molar-refractivity contribution in [2.75, 3.05) is 42.3 Å². The lowest BCUT2D eigenvalue weighted by atomic mass is 9.99. The van der Waals surface area contributed by atoms with Crippen molar-refractivity contribution >= 4 is 35.1 Å². The Balaban J connectivity index is 1.35. The van der Waals surface area contributed by atoms with Crippen LogP contribution in [0.25, 0.3) is 0 Å². The van der Waals surface area contributed by atoms with E-state index in [2.05, 4.69) is 37.1 Å². The van der Waals surface area contributed by atoms with E-state index in [9.17, 15) is 9.59 Å². The Morgan fingerprint density at radius 3 is 2.73 bits per heavy atom. The van der Waals surface area contributed by atoms with Gasteiger partial charge in [0.1, 0.15) is 0 Å². The first-order chi connectivity index (χ1) is 16.1. The van der Waals surface area contributed by atoms with Gasteiger partial charge in [0, 0.05) is 24.3 Å². The predicted octanol–water partition coefficient (Wildman–Crippen LogP) is 3.19. The van der Waals surface area contributed by atoms with Crippen molar-refractivity contribution in [2.24, 2.45) is 0 Å². The number of hydrogen-bond donors (Lipinski definition) is 1. The molecule has 0 saturated carbocycles. The standard InChI is InChI=1S/C24H25N5O3S/c1-16-19-13-18(7-8-20(19)25-22(16)31)21(30)15-33-24-27-26-23(28-9-11-32-12-10-28)29(24)14-17-5-3-2-4-6-17/h2-8,13,16H,9-12,14-15H2,1H3,(H,25,31). The average Bonchev–Trinajstić information content (AvgIpc) is 3.38. The van der Waals surface area contributed by atoms with Gasteiger partial charge in [-0.2, -0.15) is 0 Å². The number of fused-ring (bicyclic) bond motifs is 1. The number of hydrogen-bond acceptors (Lipinski definition) is 7. The van der Waals surface area contributed by atoms with Gasteiger partial charge in [0.05, 0.1) is 31.4 Å². The van der Waals surface area contributed by atoms with Crippen molar-refractivity contribution in [3.05, 3.63) is 65.2 Å². The fourth-order valence-corrected chi connectivity index (χ4v) is 4.92. The molecule has 1 aromatic heterocycles. The number of anilines is 2. The van der Waals surface area contributed by atoms with Gasteiger partial charge in [0.2, 0.25) is 11.9 Å². The van der Waals surface area contributed by atoms with Crippen molar-refractivity contribution in [2.45, 2.75) is 24.5 Å². The van der Waals surface area contributed by atoms with Crippen LogP contribution in [0.3, 0.4) is 0 Å². The Hall–Kier alpha value is -3.17. The molecule has 0 radical (unpaired) electrons. The zero-order valence-electron chi connectivity index (χ0n) is 18.4. The van der Waals surface area contributed by atoms with Gasteiger partial charge in [-0.1, -0.05) is 42.1 Å². The van der Waals surface area contributed by atoms with Gasteiger partial charge in [-0.3, -0.25) is 14.2 Å². The summed E-state index contributed by atoms with van der Waals surface area (Å²) in [6, 6.07) is 15.6. The average molecular weight is 464 g/mol. The Kier molecular flexibility index (Phi) is 6.15. The Bertz CT molecular complexity index is 1170. The zero-order valence-corrected chi connectivity index (χ0v) is 19.2. The van der Waals surface area contributed by atoms with Crippen molar-refractivity contribution in [1.82, 2.24) is 14.8 Å². The summed E-state index contributed by atoms with van der Waals surface area (Å²) in [6.45, 7) is 5.32. The van der Waals surface area contributed by atoms with Crippen LogP contribution in [-0.4, -0.2) is 58.5 Å². The van der Waals surface area contributed by atoms with Gasteiger partial charge < -0.3 is 15.0 Å². The van der Waals surface area contributed by atoms with Crippen LogP contribution in [0.5, 0.6) is 0 Å². The highest BCUT2D eigenvalue weighted by Crippen LogP contribution is 2.33. The molecule has 2 aliphatic heterocycles. The van der Waals surface area contributed by atoms with Crippen molar-refractivity contribution in [3.63, 3.8) is 0 Å². The third-order valence-electron chi connectivity index (χ3n) is 6.00. The van der Waals surface area contributed by atoms with Gasteiger partial charge in [-0.15, -0.1) is 10.2 Å². The first-order valence-electron chi connectivity index (χ1n) is 11.0. The number of ketones is 1. The monoisotopic (exact) mass is 463 g/mol. The van der Waals surface area contributed by atoms with Crippen LogP contribution in [0.1, 0.15) is 34.3 Å². The molecule has 33 heavy (non-hydrogen) atoms. The minimum absolute atomic E-state index is 0.00321. The number of morpholine rings is 1. The van der Waals surface area contributed by atoms with E-state index in [0.717, 1.165) is 35.9 Å². The van der Waals surface area contributed by atoms with E-state index >= 15 is 0 Å². The van der Waals surface area contributed by atoms with E-state index < -0.39 is 0 Å². The van der Waals surface area contributed by atoms with E-state index in [1.54, 1.807) is 6.07 Å². The SMILES string of the molecule is CC1C(=O)Nc2ccc(C(=O)CSc3nnc(N4CCOCC4)n3Cc3ccccc3)cc21. The summed E-state index contributed by atoms with van der Waals surface area (Å²) in [5.41, 5.74) is 3.41. The summed E-state index contributed by atoms with van der Waals surface area (Å²) in [4.78, 5) is 27.1. The second-order valence-corrected chi connectivity index (χ2v) is 9.12. The molecule has 0 spiro atoms. The van der Waals surface area contributed by atoms with Crippen LogP contribution >= 0.6 is 11.8 Å². The number of ether oxygens (including phenoxy) is 1. The normalized spacial score (nSPS) is 17.7. The fraction of sp³-hybridized carbons (Fsp3) is 0.333. The molecule has 1 N–H and O–H groups in total. The molecule has 2 aromatic carbocycles. The summed E-state index contributed by atoms with van der Waals surface area (Å²) in [7, 11) is 0. The van der Waals surface area contributed by atoms with Gasteiger partial charge in [0.15, 0.2) is 10.9 Å². The van der Waals surface area contributed by atoms with Gasteiger partial charge in [-0.25, -0.2) is 0 Å². The molecule has 1 atom stereocenters. The fourth-order valence-electron chi connectivity index (χ4n) is 4.09. The Labute approximate surface area is 196 Å². The number of carbonyl (C=O) groups excluding carboxylic acids is 2. The van der Waals surface area contributed by atoms with E-state index in [1.165, 1.54) is 11.8 Å². The van der Waals surface area contributed by atoms with Gasteiger partial charge in [-0.05, 0) is 36.2 Å². The molecule has 1 saturated heterocycles. The molecule has 1 amide bonds. The number of aromatic nitrogens is 3. The number of rotatable bonds is 7. The highest BCUT2D eigenvalue weighted by atomic mass is 32.2. The number of thioether (sulfide) groups is 1. The summed E-state index contributed by atoms with van der Waals surface area (Å²) < 4.78 is 7.56. The quantitative estimate of drug-likeness (QED) is 0.425. The summed E-state index contributed by atoms with van der Waals surface area (Å²) >= 11 is 1.39. The number of nitrogens with zero attached hydrogens (tertiary/aromatic N) is 4. The maximum atomic E-state index is 13.0. The van der Waals surface area contributed by atoms with E-state index in [1.807, 2.05) is 37.3 Å². The highest BCUT2D eigenvalue weighted by molar-refractivity contribution is 7.99. The highest BCUT2D eigenvalue weighted by Gasteiger charge is 2.27.